The van der Waals surface area contributed by atoms with Crippen molar-refractivity contribution in [2.45, 2.75) is 19.8 Å². The van der Waals surface area contributed by atoms with Gasteiger partial charge in [0.2, 0.25) is 0 Å². The number of carbonyl (C=O) groups is 1. The highest BCUT2D eigenvalue weighted by molar-refractivity contribution is 9.09. The molecule has 4 nitrogen and oxygen atoms in total. The number of aryl methyl sites for hydroxylation is 1. The molecule has 0 aliphatic carbocycles. The lowest BCUT2D eigenvalue weighted by molar-refractivity contribution is -0.384. The van der Waals surface area contributed by atoms with Gasteiger partial charge in [0.25, 0.3) is 5.69 Å². The normalized spacial score (nSPS) is 10.1. The summed E-state index contributed by atoms with van der Waals surface area (Å²) in [5, 5.41) is 10.9. The average molecular weight is 286 g/mol. The number of halogens is 1. The van der Waals surface area contributed by atoms with Crippen molar-refractivity contribution in [1.82, 2.24) is 0 Å². The highest BCUT2D eigenvalue weighted by Crippen LogP contribution is 2.19. The number of benzene rings is 1. The van der Waals surface area contributed by atoms with Crippen LogP contribution in [0.4, 0.5) is 5.69 Å². The predicted octanol–water partition coefficient (Wildman–Crippen LogP) is 2.66. The molecule has 0 atom stereocenters. The van der Waals surface area contributed by atoms with E-state index in [4.69, 9.17) is 0 Å². The van der Waals surface area contributed by atoms with Crippen molar-refractivity contribution >= 4 is 27.4 Å². The Morgan fingerprint density at radius 2 is 2.12 bits per heavy atom. The minimum atomic E-state index is -0.443. The summed E-state index contributed by atoms with van der Waals surface area (Å²) in [6.45, 7) is 1.96. The first-order chi connectivity index (χ1) is 7.58. The second kappa shape index (κ2) is 5.75. The highest BCUT2D eigenvalue weighted by atomic mass is 79.9. The summed E-state index contributed by atoms with van der Waals surface area (Å²) in [4.78, 5) is 21.5. The molecule has 0 N–H and O–H groups in total. The van der Waals surface area contributed by atoms with Gasteiger partial charge in [0.1, 0.15) is 5.78 Å². The molecule has 0 saturated heterocycles. The molecule has 16 heavy (non-hydrogen) atoms. The van der Waals surface area contributed by atoms with Gasteiger partial charge in [-0.2, -0.15) is 0 Å². The first-order valence-corrected chi connectivity index (χ1v) is 6.04. The van der Waals surface area contributed by atoms with E-state index in [1.807, 2.05) is 6.92 Å². The molecule has 0 saturated carbocycles. The van der Waals surface area contributed by atoms with Gasteiger partial charge in [-0.25, -0.2) is 0 Å². The van der Waals surface area contributed by atoms with Crippen LogP contribution in [0.1, 0.15) is 18.1 Å². The number of non-ortho nitro benzene ring substituents is 1. The second-order valence-electron chi connectivity index (χ2n) is 3.41. The zero-order chi connectivity index (χ0) is 12.1. The monoisotopic (exact) mass is 285 g/mol. The number of carbonyl (C=O) groups excluding carboxylic acids is 1. The SMILES string of the molecule is CCc1ccc([N+](=O)[O-])cc1CC(=O)CBr. The molecular weight excluding hydrogens is 274 g/mol. The molecule has 0 spiro atoms. The van der Waals surface area contributed by atoms with E-state index < -0.39 is 4.92 Å². The average Bonchev–Trinajstić information content (AvgIpc) is 2.28. The fraction of sp³-hybridized carbons (Fsp3) is 0.364. The summed E-state index contributed by atoms with van der Waals surface area (Å²) in [6, 6.07) is 4.68. The Kier molecular flexibility index (Phi) is 4.61. The van der Waals surface area contributed by atoms with Crippen molar-refractivity contribution in [1.29, 1.82) is 0 Å². The van der Waals surface area contributed by atoms with Crippen molar-refractivity contribution < 1.29 is 9.72 Å². The van der Waals surface area contributed by atoms with Crippen LogP contribution in [0.3, 0.4) is 0 Å². The second-order valence-corrected chi connectivity index (χ2v) is 3.97. The lowest BCUT2D eigenvalue weighted by atomic mass is 10.00. The first kappa shape index (κ1) is 12.8. The predicted molar refractivity (Wildman–Crippen MR) is 65.0 cm³/mol. The zero-order valence-corrected chi connectivity index (χ0v) is 10.5. The summed E-state index contributed by atoms with van der Waals surface area (Å²) in [5.41, 5.74) is 1.77. The Balaban J connectivity index is 3.06. The number of ketones is 1. The van der Waals surface area contributed by atoms with Gasteiger partial charge >= 0.3 is 0 Å². The fourth-order valence-corrected chi connectivity index (χ4v) is 1.69. The van der Waals surface area contributed by atoms with Crippen LogP contribution in [0, 0.1) is 10.1 Å². The number of hydrogen-bond donors (Lipinski definition) is 0. The van der Waals surface area contributed by atoms with Gasteiger partial charge < -0.3 is 0 Å². The zero-order valence-electron chi connectivity index (χ0n) is 8.90. The molecule has 0 aliphatic heterocycles. The number of Topliss-reactive ketones (excluding diaryl/α,β-unsaturated/α-hetero) is 1. The highest BCUT2D eigenvalue weighted by Gasteiger charge is 2.12. The number of nitro benzene ring substituents is 1. The van der Waals surface area contributed by atoms with E-state index in [0.29, 0.717) is 0 Å². The van der Waals surface area contributed by atoms with E-state index in [9.17, 15) is 14.9 Å². The van der Waals surface area contributed by atoms with Gasteiger partial charge in [0.05, 0.1) is 10.3 Å². The molecule has 0 heterocycles. The van der Waals surface area contributed by atoms with Gasteiger partial charge in [-0.1, -0.05) is 28.9 Å². The van der Waals surface area contributed by atoms with E-state index in [2.05, 4.69) is 15.9 Å². The summed E-state index contributed by atoms with van der Waals surface area (Å²) >= 11 is 3.08. The van der Waals surface area contributed by atoms with Crippen LogP contribution in [0.25, 0.3) is 0 Å². The molecule has 0 radical (unpaired) electrons. The van der Waals surface area contributed by atoms with Crippen LogP contribution in [0.2, 0.25) is 0 Å². The Bertz CT molecular complexity index is 418. The van der Waals surface area contributed by atoms with Gasteiger partial charge in [-0.3, -0.25) is 14.9 Å². The molecule has 5 heteroatoms. The molecule has 0 amide bonds. The maximum Gasteiger partial charge on any atom is 0.269 e. The van der Waals surface area contributed by atoms with Gasteiger partial charge in [-0.05, 0) is 17.5 Å². The number of hydrogen-bond acceptors (Lipinski definition) is 3. The number of alkyl halides is 1. The van der Waals surface area contributed by atoms with Crippen molar-refractivity contribution in [2.24, 2.45) is 0 Å². The Labute approximate surface area is 102 Å². The molecule has 0 unspecified atom stereocenters. The molecule has 0 bridgehead atoms. The fourth-order valence-electron chi connectivity index (χ4n) is 1.50. The van der Waals surface area contributed by atoms with E-state index in [0.717, 1.165) is 17.5 Å². The Hall–Kier alpha value is -1.23. The van der Waals surface area contributed by atoms with Crippen molar-refractivity contribution in [3.8, 4) is 0 Å². The summed E-state index contributed by atoms with van der Waals surface area (Å²) < 4.78 is 0. The Morgan fingerprint density at radius 1 is 1.44 bits per heavy atom. The smallest absolute Gasteiger partial charge is 0.269 e. The maximum absolute atomic E-state index is 11.3. The topological polar surface area (TPSA) is 60.2 Å². The van der Waals surface area contributed by atoms with Crippen molar-refractivity contribution in [3.63, 3.8) is 0 Å². The van der Waals surface area contributed by atoms with Crippen LogP contribution in [0.5, 0.6) is 0 Å². The van der Waals surface area contributed by atoms with Crippen molar-refractivity contribution in [3.05, 3.63) is 39.4 Å². The Morgan fingerprint density at radius 3 is 2.62 bits per heavy atom. The molecule has 1 aromatic carbocycles. The maximum atomic E-state index is 11.3. The third kappa shape index (κ3) is 3.13. The van der Waals surface area contributed by atoms with Gasteiger partial charge in [0, 0.05) is 18.6 Å². The van der Waals surface area contributed by atoms with Crippen LogP contribution >= 0.6 is 15.9 Å². The molecule has 0 aliphatic rings. The molecule has 0 aromatic heterocycles. The van der Waals surface area contributed by atoms with E-state index >= 15 is 0 Å². The third-order valence-corrected chi connectivity index (χ3v) is 2.94. The molecule has 86 valence electrons. The van der Waals surface area contributed by atoms with Gasteiger partial charge in [0.15, 0.2) is 0 Å². The molecule has 1 aromatic rings. The lowest BCUT2D eigenvalue weighted by Crippen LogP contribution is -2.06. The van der Waals surface area contributed by atoms with Crippen LogP contribution < -0.4 is 0 Å². The quantitative estimate of drug-likeness (QED) is 0.475. The van der Waals surface area contributed by atoms with Crippen LogP contribution in [0.15, 0.2) is 18.2 Å². The van der Waals surface area contributed by atoms with Crippen molar-refractivity contribution in [2.75, 3.05) is 5.33 Å². The third-order valence-electron chi connectivity index (χ3n) is 2.32. The number of nitrogens with zero attached hydrogens (tertiary/aromatic N) is 1. The van der Waals surface area contributed by atoms with Gasteiger partial charge in [-0.15, -0.1) is 0 Å². The molecule has 1 rings (SSSR count). The first-order valence-electron chi connectivity index (χ1n) is 4.92. The number of nitro groups is 1. The van der Waals surface area contributed by atoms with E-state index in [-0.39, 0.29) is 23.2 Å². The minimum absolute atomic E-state index is 0.0233. The van der Waals surface area contributed by atoms with Crippen LogP contribution in [-0.2, 0) is 17.6 Å². The van der Waals surface area contributed by atoms with Crippen LogP contribution in [-0.4, -0.2) is 16.0 Å². The van der Waals surface area contributed by atoms with E-state index in [1.54, 1.807) is 6.07 Å². The largest absolute Gasteiger partial charge is 0.298 e. The molecule has 0 fully saturated rings. The lowest BCUT2D eigenvalue weighted by Gasteiger charge is -2.06. The van der Waals surface area contributed by atoms with E-state index in [1.165, 1.54) is 12.1 Å². The standard InChI is InChI=1S/C11H12BrNO3/c1-2-8-3-4-10(13(15)16)5-9(8)6-11(14)7-12/h3-5H,2,6-7H2,1H3. The summed E-state index contributed by atoms with van der Waals surface area (Å²) in [6.07, 6.45) is 1.01. The summed E-state index contributed by atoms with van der Waals surface area (Å²) in [7, 11) is 0. The number of rotatable bonds is 5. The molecular formula is C11H12BrNO3. The minimum Gasteiger partial charge on any atom is -0.298 e. The summed E-state index contributed by atoms with van der Waals surface area (Å²) in [5.74, 6) is 0.0233.